The van der Waals surface area contributed by atoms with E-state index in [-0.39, 0.29) is 29.1 Å². The summed E-state index contributed by atoms with van der Waals surface area (Å²) in [7, 11) is 0. The lowest BCUT2D eigenvalue weighted by Crippen LogP contribution is -2.36. The number of Topliss-reactive ketones (excluding diaryl/α,β-unsaturated/α-hetero) is 1. The van der Waals surface area contributed by atoms with Crippen molar-refractivity contribution in [1.82, 2.24) is 5.32 Å². The highest BCUT2D eigenvalue weighted by molar-refractivity contribution is 6.12. The molecule has 3 nitrogen and oxygen atoms in total. The van der Waals surface area contributed by atoms with E-state index in [1.165, 1.54) is 0 Å². The minimum Gasteiger partial charge on any atom is -0.349 e. The second-order valence-corrected chi connectivity index (χ2v) is 7.06. The first-order valence-corrected chi connectivity index (χ1v) is 7.96. The summed E-state index contributed by atoms with van der Waals surface area (Å²) in [4.78, 5) is 25.2. The Morgan fingerprint density at radius 1 is 1.27 bits per heavy atom. The predicted molar refractivity (Wildman–Crippen MR) is 86.1 cm³/mol. The number of hydrogen-bond donors (Lipinski definition) is 1. The molecular formula is C19H23NO2. The molecule has 3 heteroatoms. The SMILES string of the molecule is CC[C@H](NC(=O)[C@]12C=C(C)C(=O)[C@H]1C2(C)C)c1ccccc1. The van der Waals surface area contributed by atoms with Gasteiger partial charge in [0.2, 0.25) is 5.91 Å². The molecule has 0 aromatic heterocycles. The second kappa shape index (κ2) is 4.80. The van der Waals surface area contributed by atoms with Gasteiger partial charge in [-0.05, 0) is 29.9 Å². The Kier molecular flexibility index (Phi) is 3.28. The van der Waals surface area contributed by atoms with Crippen LogP contribution in [0.15, 0.2) is 42.0 Å². The first-order valence-electron chi connectivity index (χ1n) is 7.96. The fourth-order valence-corrected chi connectivity index (χ4v) is 4.11. The summed E-state index contributed by atoms with van der Waals surface area (Å²) >= 11 is 0. The quantitative estimate of drug-likeness (QED) is 0.925. The van der Waals surface area contributed by atoms with Gasteiger partial charge in [-0.15, -0.1) is 0 Å². The van der Waals surface area contributed by atoms with E-state index in [2.05, 4.69) is 12.2 Å². The zero-order valence-electron chi connectivity index (χ0n) is 13.6. The lowest BCUT2D eigenvalue weighted by atomic mass is 9.91. The molecule has 0 radical (unpaired) electrons. The number of nitrogens with one attached hydrogen (secondary N) is 1. The molecule has 0 heterocycles. The molecule has 2 aliphatic carbocycles. The van der Waals surface area contributed by atoms with Crippen molar-refractivity contribution in [2.75, 3.05) is 0 Å². The number of rotatable bonds is 4. The van der Waals surface area contributed by atoms with Gasteiger partial charge in [0.15, 0.2) is 5.78 Å². The van der Waals surface area contributed by atoms with E-state index in [1.54, 1.807) is 0 Å². The van der Waals surface area contributed by atoms with Crippen molar-refractivity contribution in [1.29, 1.82) is 0 Å². The van der Waals surface area contributed by atoms with E-state index >= 15 is 0 Å². The normalized spacial score (nSPS) is 29.5. The molecule has 1 saturated carbocycles. The van der Waals surface area contributed by atoms with Crippen molar-refractivity contribution >= 4 is 11.7 Å². The van der Waals surface area contributed by atoms with Gasteiger partial charge in [0.1, 0.15) is 0 Å². The highest BCUT2D eigenvalue weighted by atomic mass is 16.2. The monoisotopic (exact) mass is 297 g/mol. The minimum absolute atomic E-state index is 0.00969. The number of hydrogen-bond acceptors (Lipinski definition) is 2. The molecular weight excluding hydrogens is 274 g/mol. The molecule has 1 amide bonds. The summed E-state index contributed by atoms with van der Waals surface area (Å²) in [5, 5.41) is 3.17. The average molecular weight is 297 g/mol. The van der Waals surface area contributed by atoms with E-state index in [1.807, 2.05) is 57.2 Å². The topological polar surface area (TPSA) is 46.2 Å². The van der Waals surface area contributed by atoms with Crippen LogP contribution in [0, 0.1) is 16.7 Å². The van der Waals surface area contributed by atoms with Crippen molar-refractivity contribution in [3.8, 4) is 0 Å². The highest BCUT2D eigenvalue weighted by Crippen LogP contribution is 2.73. The third-order valence-corrected chi connectivity index (χ3v) is 5.55. The number of benzene rings is 1. The molecule has 1 aromatic rings. The van der Waals surface area contributed by atoms with Crippen LogP contribution < -0.4 is 5.32 Å². The first-order chi connectivity index (χ1) is 10.4. The molecule has 22 heavy (non-hydrogen) atoms. The molecule has 2 aliphatic rings. The summed E-state index contributed by atoms with van der Waals surface area (Å²) in [6, 6.07) is 9.98. The van der Waals surface area contributed by atoms with Gasteiger partial charge in [0, 0.05) is 5.92 Å². The summed E-state index contributed by atoms with van der Waals surface area (Å²) in [5.41, 5.74) is 0.918. The van der Waals surface area contributed by atoms with Gasteiger partial charge in [-0.3, -0.25) is 9.59 Å². The number of carbonyl (C=O) groups excluding carboxylic acids is 2. The summed E-state index contributed by atoms with van der Waals surface area (Å²) < 4.78 is 0. The fourth-order valence-electron chi connectivity index (χ4n) is 4.11. The molecule has 1 aromatic carbocycles. The summed E-state index contributed by atoms with van der Waals surface area (Å²) in [6.07, 6.45) is 2.72. The Balaban J connectivity index is 1.85. The maximum absolute atomic E-state index is 13.0. The fraction of sp³-hybridized carbons (Fsp3) is 0.474. The molecule has 116 valence electrons. The van der Waals surface area contributed by atoms with E-state index in [9.17, 15) is 9.59 Å². The molecule has 3 atom stereocenters. The van der Waals surface area contributed by atoms with Gasteiger partial charge < -0.3 is 5.32 Å². The van der Waals surface area contributed by atoms with Crippen LogP contribution in [0.1, 0.15) is 45.7 Å². The van der Waals surface area contributed by atoms with E-state index in [0.717, 1.165) is 17.6 Å². The van der Waals surface area contributed by atoms with Crippen molar-refractivity contribution in [3.05, 3.63) is 47.5 Å². The zero-order chi connectivity index (χ0) is 16.1. The molecule has 3 rings (SSSR count). The molecule has 0 aliphatic heterocycles. The standard InChI is InChI=1S/C19H23NO2/c1-5-14(13-9-7-6-8-10-13)20-17(22)19-11-12(2)15(21)16(19)18(19,3)4/h6-11,14,16H,5H2,1-4H3,(H,20,22)/t14-,16-,19-/m0/s1. The Morgan fingerprint density at radius 3 is 2.45 bits per heavy atom. The van der Waals surface area contributed by atoms with Crippen LogP contribution in [-0.4, -0.2) is 11.7 Å². The Bertz CT molecular complexity index is 659. The number of fused-ring (bicyclic) bond motifs is 1. The van der Waals surface area contributed by atoms with E-state index < -0.39 is 5.41 Å². The lowest BCUT2D eigenvalue weighted by molar-refractivity contribution is -0.127. The zero-order valence-corrected chi connectivity index (χ0v) is 13.6. The van der Waals surface area contributed by atoms with Crippen molar-refractivity contribution in [3.63, 3.8) is 0 Å². The van der Waals surface area contributed by atoms with Gasteiger partial charge >= 0.3 is 0 Å². The van der Waals surface area contributed by atoms with Gasteiger partial charge in [-0.2, -0.15) is 0 Å². The third-order valence-electron chi connectivity index (χ3n) is 5.55. The second-order valence-electron chi connectivity index (χ2n) is 7.06. The molecule has 0 saturated heterocycles. The molecule has 0 spiro atoms. The van der Waals surface area contributed by atoms with Gasteiger partial charge in [-0.25, -0.2) is 0 Å². The van der Waals surface area contributed by atoms with Crippen LogP contribution in [0.5, 0.6) is 0 Å². The lowest BCUT2D eigenvalue weighted by Gasteiger charge is -2.22. The van der Waals surface area contributed by atoms with Crippen molar-refractivity contribution in [2.45, 2.75) is 40.2 Å². The van der Waals surface area contributed by atoms with Gasteiger partial charge in [-0.1, -0.05) is 57.2 Å². The molecule has 0 unspecified atom stereocenters. The number of allylic oxidation sites excluding steroid dienone is 1. The first kappa shape index (κ1) is 15.0. The third kappa shape index (κ3) is 1.81. The minimum atomic E-state index is -0.642. The molecule has 1 N–H and O–H groups in total. The Morgan fingerprint density at radius 2 is 1.91 bits per heavy atom. The summed E-state index contributed by atoms with van der Waals surface area (Å²) in [6.45, 7) is 7.91. The Hall–Kier alpha value is -1.90. The Labute approximate surface area is 131 Å². The van der Waals surface area contributed by atoms with E-state index in [4.69, 9.17) is 0 Å². The summed E-state index contributed by atoms with van der Waals surface area (Å²) in [5.74, 6) is -0.0652. The molecule has 0 bridgehead atoms. The number of amides is 1. The maximum Gasteiger partial charge on any atom is 0.231 e. The number of carbonyl (C=O) groups is 2. The number of ketones is 1. The smallest absolute Gasteiger partial charge is 0.231 e. The predicted octanol–water partition coefficient (Wildman–Crippen LogP) is 3.43. The van der Waals surface area contributed by atoms with Crippen LogP contribution in [0.4, 0.5) is 0 Å². The van der Waals surface area contributed by atoms with Gasteiger partial charge in [0.05, 0.1) is 11.5 Å². The van der Waals surface area contributed by atoms with E-state index in [0.29, 0.717) is 0 Å². The maximum atomic E-state index is 13.0. The highest BCUT2D eigenvalue weighted by Gasteiger charge is 2.79. The van der Waals surface area contributed by atoms with Crippen molar-refractivity contribution < 1.29 is 9.59 Å². The van der Waals surface area contributed by atoms with Gasteiger partial charge in [0.25, 0.3) is 0 Å². The van der Waals surface area contributed by atoms with Crippen LogP contribution >= 0.6 is 0 Å². The van der Waals surface area contributed by atoms with Crippen LogP contribution in [-0.2, 0) is 9.59 Å². The van der Waals surface area contributed by atoms with Crippen LogP contribution in [0.3, 0.4) is 0 Å². The molecule has 1 fully saturated rings. The average Bonchev–Trinajstić information content (AvgIpc) is 2.83. The van der Waals surface area contributed by atoms with Crippen molar-refractivity contribution in [2.24, 2.45) is 16.7 Å². The van der Waals surface area contributed by atoms with Crippen LogP contribution in [0.2, 0.25) is 0 Å². The largest absolute Gasteiger partial charge is 0.349 e. The van der Waals surface area contributed by atoms with Crippen LogP contribution in [0.25, 0.3) is 0 Å².